The summed E-state index contributed by atoms with van der Waals surface area (Å²) in [6.45, 7) is -0.378. The van der Waals surface area contributed by atoms with Gasteiger partial charge in [0, 0.05) is 11.5 Å². The Morgan fingerprint density at radius 3 is 2.10 bits per heavy atom. The molecule has 9 rings (SSSR count). The lowest BCUT2D eigenvalue weighted by Gasteiger charge is -2.50. The van der Waals surface area contributed by atoms with E-state index in [-0.39, 0.29) is 41.5 Å². The van der Waals surface area contributed by atoms with Crippen molar-refractivity contribution in [3.05, 3.63) is 119 Å². The Balaban J connectivity index is 1.13. The largest absolute Gasteiger partial charge is 0.491 e. The number of imide groups is 2. The number of carbonyl (C=O) groups excluding carboxylic acids is 4. The number of oxazole rings is 1. The predicted octanol–water partition coefficient (Wildman–Crippen LogP) is 7.33. The van der Waals surface area contributed by atoms with E-state index in [2.05, 4.69) is 4.98 Å². The molecule has 4 amide bonds. The minimum Gasteiger partial charge on any atom is -0.491 e. The summed E-state index contributed by atoms with van der Waals surface area (Å²) >= 11 is 14.4. The molecule has 5 aromatic rings. The van der Waals surface area contributed by atoms with Crippen LogP contribution in [0.1, 0.15) is 24.3 Å². The first-order valence-corrected chi connectivity index (χ1v) is 18.6. The van der Waals surface area contributed by atoms with Gasteiger partial charge in [-0.15, -0.1) is 23.2 Å². The fourth-order valence-corrected chi connectivity index (χ4v) is 9.80. The van der Waals surface area contributed by atoms with Crippen molar-refractivity contribution in [2.24, 2.45) is 17.8 Å². The lowest BCUT2D eigenvalue weighted by Crippen LogP contribution is -2.60. The SMILES string of the molecule is O=C1[C@H]2[C@H](CC=C3[C@H]2C[C@@]2(Cl)C(=O)N(c4c(F)c(F)c(F)c(F)c4F)C(=O)[C@@]2(Cl)[C@H]3c2ccc(OCCO)cc2)C(=O)N1c1ccc(-c2nc3ccccc3o2)cc1. The van der Waals surface area contributed by atoms with E-state index < -0.39 is 98.2 Å². The van der Waals surface area contributed by atoms with Crippen LogP contribution in [0.5, 0.6) is 5.75 Å². The van der Waals surface area contributed by atoms with Gasteiger partial charge in [-0.05, 0) is 72.9 Å². The third kappa shape index (κ3) is 5.15. The number of nitrogens with zero attached hydrogens (tertiary/aromatic N) is 3. The molecule has 0 radical (unpaired) electrons. The molecule has 1 aromatic heterocycles. The van der Waals surface area contributed by atoms with Crippen LogP contribution in [0.25, 0.3) is 22.6 Å². The van der Waals surface area contributed by atoms with Gasteiger partial charge in [0.15, 0.2) is 38.6 Å². The number of amides is 4. The molecule has 3 heterocycles. The molecule has 0 unspecified atom stereocenters. The fraction of sp³-hybridized carbons (Fsp3) is 0.244. The third-order valence-corrected chi connectivity index (χ3v) is 12.9. The molecule has 17 heteroatoms. The Morgan fingerprint density at radius 1 is 0.793 bits per heavy atom. The van der Waals surface area contributed by atoms with Gasteiger partial charge in [0.1, 0.15) is 23.6 Å². The highest BCUT2D eigenvalue weighted by Gasteiger charge is 2.77. The van der Waals surface area contributed by atoms with Crippen molar-refractivity contribution >= 4 is 69.3 Å². The summed E-state index contributed by atoms with van der Waals surface area (Å²) in [7, 11) is 0. The quantitative estimate of drug-likeness (QED) is 0.0451. The van der Waals surface area contributed by atoms with Crippen LogP contribution in [0.15, 0.2) is 88.9 Å². The van der Waals surface area contributed by atoms with Crippen molar-refractivity contribution in [3.8, 4) is 17.2 Å². The highest BCUT2D eigenvalue weighted by Crippen LogP contribution is 2.66. The number of aromatic nitrogens is 1. The lowest BCUT2D eigenvalue weighted by atomic mass is 9.56. The zero-order valence-electron chi connectivity index (χ0n) is 29.5. The number of rotatable bonds is 7. The number of hydrogen-bond donors (Lipinski definition) is 1. The van der Waals surface area contributed by atoms with Gasteiger partial charge in [0.05, 0.1) is 24.1 Å². The standard InChI is InChI=1S/C41H26Cl2F5N3O7/c42-40-17-24-22(13-14-23-27(24)37(54)50(36(23)53)20-9-5-19(6-10-20)35-49-25-3-1-2-4-26(25)58-35)28(18-7-11-21(12-8-18)57-16-15-52)41(40,43)39(56)51(38(40)55)34-32(47)30(45)29(44)31(46)33(34)48/h1-13,23-24,27-28,52H,14-17H2/t23-,24+,27-,28-,40+,41-/m0/s1. The number of ether oxygens (including phenoxy) is 1. The second kappa shape index (κ2) is 13.5. The van der Waals surface area contributed by atoms with E-state index in [1.807, 2.05) is 6.07 Å². The lowest BCUT2D eigenvalue weighted by molar-refractivity contribution is -0.125. The maximum Gasteiger partial charge on any atom is 0.258 e. The van der Waals surface area contributed by atoms with Crippen molar-refractivity contribution in [1.29, 1.82) is 0 Å². The summed E-state index contributed by atoms with van der Waals surface area (Å²) in [6.07, 6.45) is 0.939. The van der Waals surface area contributed by atoms with Gasteiger partial charge in [0.2, 0.25) is 23.5 Å². The van der Waals surface area contributed by atoms with Gasteiger partial charge in [-0.25, -0.2) is 31.8 Å². The molecule has 1 saturated carbocycles. The number of para-hydroxylation sites is 2. The Kier molecular flexibility index (Phi) is 8.80. The first-order valence-electron chi connectivity index (χ1n) is 17.9. The second-order valence-electron chi connectivity index (χ2n) is 14.4. The van der Waals surface area contributed by atoms with E-state index in [9.17, 15) is 37.5 Å². The highest BCUT2D eigenvalue weighted by molar-refractivity contribution is 6.58. The Labute approximate surface area is 334 Å². The summed E-state index contributed by atoms with van der Waals surface area (Å²) < 4.78 is 85.2. The van der Waals surface area contributed by atoms with Gasteiger partial charge in [-0.2, -0.15) is 0 Å². The molecule has 4 aliphatic rings. The maximum absolute atomic E-state index is 15.3. The number of allylic oxidation sites excluding steroid dienone is 2. The fourth-order valence-electron chi connectivity index (χ4n) is 8.86. The van der Waals surface area contributed by atoms with Gasteiger partial charge in [-0.3, -0.25) is 24.1 Å². The van der Waals surface area contributed by atoms with Crippen LogP contribution in [0.4, 0.5) is 33.3 Å². The maximum atomic E-state index is 15.3. The molecule has 4 aromatic carbocycles. The number of halogens is 7. The molecule has 3 fully saturated rings. The van der Waals surface area contributed by atoms with Gasteiger partial charge in [-0.1, -0.05) is 35.9 Å². The molecular formula is C41H26Cl2F5N3O7. The van der Waals surface area contributed by atoms with Crippen LogP contribution >= 0.6 is 23.2 Å². The van der Waals surface area contributed by atoms with Gasteiger partial charge in [0.25, 0.3) is 11.8 Å². The Hall–Kier alpha value is -5.64. The number of hydrogen-bond acceptors (Lipinski definition) is 8. The van der Waals surface area contributed by atoms with Crippen LogP contribution < -0.4 is 14.5 Å². The van der Waals surface area contributed by atoms with E-state index in [1.165, 1.54) is 24.3 Å². The van der Waals surface area contributed by atoms with Crippen molar-refractivity contribution in [3.63, 3.8) is 0 Å². The topological polar surface area (TPSA) is 130 Å². The van der Waals surface area contributed by atoms with Crippen LogP contribution in [0.3, 0.4) is 0 Å². The van der Waals surface area contributed by atoms with E-state index in [0.29, 0.717) is 28.1 Å². The third-order valence-electron chi connectivity index (χ3n) is 11.5. The number of anilines is 2. The highest BCUT2D eigenvalue weighted by atomic mass is 35.5. The average Bonchev–Trinajstić information content (AvgIpc) is 3.82. The minimum atomic E-state index is -2.67. The summed E-state index contributed by atoms with van der Waals surface area (Å²) in [5.74, 6) is -20.8. The van der Waals surface area contributed by atoms with Gasteiger partial charge < -0.3 is 14.3 Å². The second-order valence-corrected chi connectivity index (χ2v) is 15.6. The number of aliphatic hydroxyl groups is 1. The monoisotopic (exact) mass is 837 g/mol. The molecule has 6 atom stereocenters. The van der Waals surface area contributed by atoms with Crippen molar-refractivity contribution in [2.45, 2.75) is 28.5 Å². The summed E-state index contributed by atoms with van der Waals surface area (Å²) in [6, 6.07) is 19.3. The molecular weight excluding hydrogens is 812 g/mol. The number of fused-ring (bicyclic) bond motifs is 5. The molecule has 10 nitrogen and oxygen atoms in total. The molecule has 0 spiro atoms. The van der Waals surface area contributed by atoms with Crippen LogP contribution in [0.2, 0.25) is 0 Å². The van der Waals surface area contributed by atoms with E-state index in [1.54, 1.807) is 48.5 Å². The normalized spacial score (nSPS) is 26.6. The minimum absolute atomic E-state index is 0.0293. The van der Waals surface area contributed by atoms with Crippen molar-refractivity contribution in [2.75, 3.05) is 23.0 Å². The Morgan fingerprint density at radius 2 is 1.45 bits per heavy atom. The number of benzene rings is 4. The molecule has 2 saturated heterocycles. The van der Waals surface area contributed by atoms with Crippen LogP contribution in [-0.2, 0) is 19.2 Å². The molecule has 1 N–H and O–H groups in total. The zero-order chi connectivity index (χ0) is 41.0. The Bertz CT molecular complexity index is 2580. The summed E-state index contributed by atoms with van der Waals surface area (Å²) in [4.78, 5) is 57.5. The summed E-state index contributed by atoms with van der Waals surface area (Å²) in [5.41, 5.74) is 0.614. The van der Waals surface area contributed by atoms with E-state index in [4.69, 9.17) is 32.4 Å². The number of aliphatic hydroxyl groups excluding tert-OH is 1. The molecule has 296 valence electrons. The van der Waals surface area contributed by atoms with E-state index >= 15 is 8.78 Å². The van der Waals surface area contributed by atoms with Crippen LogP contribution in [0, 0.1) is 46.8 Å². The van der Waals surface area contributed by atoms with Crippen LogP contribution in [-0.4, -0.2) is 56.7 Å². The number of alkyl halides is 2. The molecule has 2 aliphatic heterocycles. The van der Waals surface area contributed by atoms with Crippen molar-refractivity contribution < 1.29 is 55.4 Å². The smallest absolute Gasteiger partial charge is 0.258 e. The summed E-state index contributed by atoms with van der Waals surface area (Å²) in [5, 5.41) is 9.21. The molecule has 2 aliphatic carbocycles. The molecule has 58 heavy (non-hydrogen) atoms. The number of carbonyl (C=O) groups is 4. The zero-order valence-corrected chi connectivity index (χ0v) is 31.0. The van der Waals surface area contributed by atoms with Crippen molar-refractivity contribution in [1.82, 2.24) is 4.98 Å². The average molecular weight is 839 g/mol. The first kappa shape index (κ1) is 37.9. The first-order chi connectivity index (χ1) is 27.7. The predicted molar refractivity (Wildman–Crippen MR) is 197 cm³/mol. The van der Waals surface area contributed by atoms with E-state index in [0.717, 1.165) is 4.90 Å². The van der Waals surface area contributed by atoms with Gasteiger partial charge >= 0.3 is 0 Å². The molecule has 0 bridgehead atoms.